The molecule has 2 aromatic heterocycles. The second-order valence-electron chi connectivity index (χ2n) is 8.60. The Labute approximate surface area is 211 Å². The molecular weight excluding hydrogens is 456 g/mol. The van der Waals surface area contributed by atoms with Gasteiger partial charge in [0.05, 0.1) is 43.2 Å². The second kappa shape index (κ2) is 11.0. The summed E-state index contributed by atoms with van der Waals surface area (Å²) in [7, 11) is 9.37. The van der Waals surface area contributed by atoms with Crippen molar-refractivity contribution >= 4 is 23.0 Å². The fourth-order valence-corrected chi connectivity index (χ4v) is 3.69. The number of imidazole rings is 1. The molecule has 0 aliphatic carbocycles. The van der Waals surface area contributed by atoms with Crippen LogP contribution < -0.4 is 25.4 Å². The number of H-pyrrole nitrogens is 1. The summed E-state index contributed by atoms with van der Waals surface area (Å²) in [6, 6.07) is 13.3. The van der Waals surface area contributed by atoms with Crippen molar-refractivity contribution in [1.82, 2.24) is 24.8 Å². The summed E-state index contributed by atoms with van der Waals surface area (Å²) < 4.78 is 10.9. The smallest absolute Gasteiger partial charge is 0.227 e. The summed E-state index contributed by atoms with van der Waals surface area (Å²) in [5.41, 5.74) is 11.1. The van der Waals surface area contributed by atoms with Crippen LogP contribution in [0.25, 0.3) is 22.8 Å². The van der Waals surface area contributed by atoms with Crippen LogP contribution in [0.15, 0.2) is 54.9 Å². The molecular formula is C26H32N8O2. The van der Waals surface area contributed by atoms with Gasteiger partial charge >= 0.3 is 0 Å². The molecule has 0 radical (unpaired) electrons. The van der Waals surface area contributed by atoms with E-state index in [-0.39, 0.29) is 0 Å². The van der Waals surface area contributed by atoms with Crippen LogP contribution in [0.1, 0.15) is 0 Å². The predicted molar refractivity (Wildman–Crippen MR) is 144 cm³/mol. The largest absolute Gasteiger partial charge is 0.497 e. The van der Waals surface area contributed by atoms with Crippen molar-refractivity contribution in [2.24, 2.45) is 0 Å². The summed E-state index contributed by atoms with van der Waals surface area (Å²) >= 11 is 0. The normalized spacial score (nSPS) is 10.9. The molecule has 10 nitrogen and oxygen atoms in total. The lowest BCUT2D eigenvalue weighted by molar-refractivity contribution is 0.413. The first-order valence-corrected chi connectivity index (χ1v) is 11.5. The lowest BCUT2D eigenvalue weighted by Crippen LogP contribution is -2.29. The maximum atomic E-state index is 6.39. The van der Waals surface area contributed by atoms with E-state index in [1.54, 1.807) is 32.7 Å². The number of ether oxygens (including phenoxy) is 2. The van der Waals surface area contributed by atoms with Crippen LogP contribution in [-0.4, -0.2) is 73.3 Å². The Balaban J connectivity index is 1.55. The maximum absolute atomic E-state index is 6.39. The highest BCUT2D eigenvalue weighted by molar-refractivity contribution is 5.79. The summed E-state index contributed by atoms with van der Waals surface area (Å²) in [4.78, 5) is 21.1. The monoisotopic (exact) mass is 488 g/mol. The lowest BCUT2D eigenvalue weighted by Gasteiger charge is -2.24. The molecule has 2 heterocycles. The number of nitrogens with zero attached hydrogens (tertiary/aromatic N) is 5. The molecule has 0 atom stereocenters. The SMILES string of the molecule is COc1ccc(-c2cnc(-c3ccnc(Nc4cc(N)c(N(C)CCN(C)C)cc4OC)n3)[nH]2)cc1. The molecule has 0 saturated heterocycles. The zero-order chi connectivity index (χ0) is 25.7. The fraction of sp³-hybridized carbons (Fsp3) is 0.269. The minimum Gasteiger partial charge on any atom is -0.497 e. The van der Waals surface area contributed by atoms with E-state index in [1.807, 2.05) is 57.5 Å². The number of likely N-dealkylation sites (N-methyl/N-ethyl adjacent to an activating group) is 2. The third-order valence-electron chi connectivity index (χ3n) is 5.76. The van der Waals surface area contributed by atoms with E-state index in [1.165, 1.54) is 0 Å². The molecule has 36 heavy (non-hydrogen) atoms. The van der Waals surface area contributed by atoms with Crippen molar-refractivity contribution < 1.29 is 9.47 Å². The molecule has 0 bridgehead atoms. The topological polar surface area (TPSA) is 117 Å². The highest BCUT2D eigenvalue weighted by atomic mass is 16.5. The van der Waals surface area contributed by atoms with Crippen LogP contribution in [0, 0.1) is 0 Å². The zero-order valence-electron chi connectivity index (χ0n) is 21.2. The fourth-order valence-electron chi connectivity index (χ4n) is 3.69. The third-order valence-corrected chi connectivity index (χ3v) is 5.76. The van der Waals surface area contributed by atoms with Gasteiger partial charge in [-0.2, -0.15) is 0 Å². The lowest BCUT2D eigenvalue weighted by atomic mass is 10.2. The summed E-state index contributed by atoms with van der Waals surface area (Å²) in [5, 5.41) is 3.23. The molecule has 0 amide bonds. The van der Waals surface area contributed by atoms with Gasteiger partial charge < -0.3 is 35.3 Å². The van der Waals surface area contributed by atoms with E-state index in [0.29, 0.717) is 34.6 Å². The van der Waals surface area contributed by atoms with Gasteiger partial charge in [0, 0.05) is 32.4 Å². The van der Waals surface area contributed by atoms with Crippen LogP contribution in [-0.2, 0) is 0 Å². The van der Waals surface area contributed by atoms with Gasteiger partial charge in [-0.1, -0.05) is 0 Å². The molecule has 4 aromatic rings. The number of nitrogen functional groups attached to an aromatic ring is 1. The third kappa shape index (κ3) is 5.66. The maximum Gasteiger partial charge on any atom is 0.227 e. The van der Waals surface area contributed by atoms with Crippen molar-refractivity contribution in [1.29, 1.82) is 0 Å². The van der Waals surface area contributed by atoms with Crippen molar-refractivity contribution in [3.8, 4) is 34.3 Å². The number of hydrogen-bond acceptors (Lipinski definition) is 9. The quantitative estimate of drug-likeness (QED) is 0.286. The first kappa shape index (κ1) is 24.8. The molecule has 0 fully saturated rings. The molecule has 0 unspecified atom stereocenters. The number of rotatable bonds is 10. The first-order chi connectivity index (χ1) is 17.4. The van der Waals surface area contributed by atoms with Gasteiger partial charge in [0.15, 0.2) is 5.82 Å². The van der Waals surface area contributed by atoms with Gasteiger partial charge in [0.1, 0.15) is 17.2 Å². The van der Waals surface area contributed by atoms with Crippen molar-refractivity contribution in [2.75, 3.05) is 64.4 Å². The Hall–Kier alpha value is -4.31. The standard InChI is InChI=1S/C26H32N8O2/c1-33(2)12-13-34(3)23-15-24(36-5)21(14-19(23)27)32-26-28-11-10-20(31-26)25-29-16-22(30-25)17-6-8-18(35-4)9-7-17/h6-11,14-16H,12-13,27H2,1-5H3,(H,29,30)(H,28,31,32). The Bertz CT molecular complexity index is 1300. The Morgan fingerprint density at radius 1 is 0.972 bits per heavy atom. The summed E-state index contributed by atoms with van der Waals surface area (Å²) in [6.07, 6.45) is 3.46. The van der Waals surface area contributed by atoms with E-state index in [2.05, 4.69) is 35.1 Å². The minimum absolute atomic E-state index is 0.404. The van der Waals surface area contributed by atoms with E-state index in [0.717, 1.165) is 35.8 Å². The van der Waals surface area contributed by atoms with E-state index in [4.69, 9.17) is 15.2 Å². The number of hydrogen-bond donors (Lipinski definition) is 3. The van der Waals surface area contributed by atoms with E-state index in [9.17, 15) is 0 Å². The average molecular weight is 489 g/mol. The minimum atomic E-state index is 0.404. The Kier molecular flexibility index (Phi) is 7.55. The number of nitrogens with two attached hydrogens (primary N) is 1. The van der Waals surface area contributed by atoms with Crippen LogP contribution >= 0.6 is 0 Å². The van der Waals surface area contributed by atoms with Gasteiger partial charge in [0.25, 0.3) is 0 Å². The van der Waals surface area contributed by atoms with Crippen LogP contribution in [0.5, 0.6) is 11.5 Å². The summed E-state index contributed by atoms with van der Waals surface area (Å²) in [5.74, 6) is 2.48. The molecule has 0 spiro atoms. The van der Waals surface area contributed by atoms with E-state index < -0.39 is 0 Å². The molecule has 4 N–H and O–H groups in total. The van der Waals surface area contributed by atoms with Gasteiger partial charge in [-0.15, -0.1) is 0 Å². The number of benzene rings is 2. The van der Waals surface area contributed by atoms with Gasteiger partial charge in [-0.25, -0.2) is 15.0 Å². The molecule has 0 aliphatic heterocycles. The predicted octanol–water partition coefficient (Wildman–Crippen LogP) is 3.87. The molecule has 0 saturated carbocycles. The molecule has 0 aliphatic rings. The van der Waals surface area contributed by atoms with Crippen LogP contribution in [0.2, 0.25) is 0 Å². The molecule has 188 valence electrons. The van der Waals surface area contributed by atoms with Gasteiger partial charge in [0.2, 0.25) is 5.95 Å². The molecule has 4 rings (SSSR count). The van der Waals surface area contributed by atoms with Crippen molar-refractivity contribution in [3.63, 3.8) is 0 Å². The molecule has 2 aromatic carbocycles. The highest BCUT2D eigenvalue weighted by Crippen LogP contribution is 2.36. The van der Waals surface area contributed by atoms with Gasteiger partial charge in [-0.3, -0.25) is 0 Å². The number of aromatic amines is 1. The Morgan fingerprint density at radius 2 is 1.75 bits per heavy atom. The number of anilines is 4. The number of methoxy groups -OCH3 is 2. The number of nitrogens with one attached hydrogen (secondary N) is 2. The van der Waals surface area contributed by atoms with Crippen molar-refractivity contribution in [3.05, 3.63) is 54.9 Å². The second-order valence-corrected chi connectivity index (χ2v) is 8.60. The van der Waals surface area contributed by atoms with Gasteiger partial charge in [-0.05, 0) is 56.1 Å². The van der Waals surface area contributed by atoms with E-state index >= 15 is 0 Å². The van der Waals surface area contributed by atoms with Crippen LogP contribution in [0.4, 0.5) is 23.0 Å². The molecule has 10 heteroatoms. The van der Waals surface area contributed by atoms with Crippen LogP contribution in [0.3, 0.4) is 0 Å². The summed E-state index contributed by atoms with van der Waals surface area (Å²) in [6.45, 7) is 1.74. The number of aromatic nitrogens is 4. The van der Waals surface area contributed by atoms with Crippen molar-refractivity contribution in [2.45, 2.75) is 0 Å². The Morgan fingerprint density at radius 3 is 2.44 bits per heavy atom. The first-order valence-electron chi connectivity index (χ1n) is 11.5. The average Bonchev–Trinajstić information content (AvgIpc) is 3.38. The zero-order valence-corrected chi connectivity index (χ0v) is 21.2. The highest BCUT2D eigenvalue weighted by Gasteiger charge is 2.14.